The number of carbonyl (C=O) groups excluding carboxylic acids is 2. The molecule has 8 heteroatoms. The molecule has 0 saturated carbocycles. The summed E-state index contributed by atoms with van der Waals surface area (Å²) in [7, 11) is 1.86. The van der Waals surface area contributed by atoms with Gasteiger partial charge in [-0.25, -0.2) is 0 Å². The maximum absolute atomic E-state index is 13.1. The second kappa shape index (κ2) is 8.82. The van der Waals surface area contributed by atoms with E-state index < -0.39 is 5.91 Å². The lowest BCUT2D eigenvalue weighted by Crippen LogP contribution is -2.43. The van der Waals surface area contributed by atoms with Crippen molar-refractivity contribution in [1.82, 2.24) is 20.0 Å². The monoisotopic (exact) mass is 377 g/mol. The predicted octanol–water partition coefficient (Wildman–Crippen LogP) is 0.659. The first kappa shape index (κ1) is 19.9. The number of primary amides is 1. The maximum Gasteiger partial charge on any atom is 0.237 e. The number of hydrogen-bond acceptors (Lipinski definition) is 4. The number of rotatable bonds is 6. The molecule has 1 aliphatic rings. The Bertz CT molecular complexity index is 749. The van der Waals surface area contributed by atoms with Crippen molar-refractivity contribution in [2.24, 2.45) is 18.7 Å². The summed E-state index contributed by atoms with van der Waals surface area (Å²) in [5.74, 6) is -0.741. The van der Waals surface area contributed by atoms with E-state index in [9.17, 15) is 9.59 Å². The molecule has 0 spiro atoms. The Morgan fingerprint density at radius 1 is 1.31 bits per heavy atom. The summed E-state index contributed by atoms with van der Waals surface area (Å²) in [6.45, 7) is 1.60. The second-order valence-corrected chi connectivity index (χ2v) is 6.46. The van der Waals surface area contributed by atoms with Gasteiger partial charge < -0.3 is 16.0 Å². The van der Waals surface area contributed by atoms with Crippen LogP contribution in [0.3, 0.4) is 0 Å². The zero-order chi connectivity index (χ0) is 17.8. The first-order chi connectivity index (χ1) is 12.0. The molecule has 0 radical (unpaired) electrons. The van der Waals surface area contributed by atoms with Crippen LogP contribution in [0.15, 0.2) is 42.7 Å². The zero-order valence-electron chi connectivity index (χ0n) is 14.7. The van der Waals surface area contributed by atoms with E-state index in [-0.39, 0.29) is 36.7 Å². The third-order valence-electron chi connectivity index (χ3n) is 4.56. The fourth-order valence-electron chi connectivity index (χ4n) is 3.36. The summed E-state index contributed by atoms with van der Waals surface area (Å²) < 4.78 is 1.74. The van der Waals surface area contributed by atoms with Gasteiger partial charge >= 0.3 is 0 Å². The van der Waals surface area contributed by atoms with E-state index in [0.717, 1.165) is 17.7 Å². The van der Waals surface area contributed by atoms with Crippen molar-refractivity contribution >= 4 is 24.2 Å². The summed E-state index contributed by atoms with van der Waals surface area (Å²) in [5, 5.41) is 7.49. The molecule has 2 heterocycles. The van der Waals surface area contributed by atoms with Crippen molar-refractivity contribution in [3.05, 3.63) is 53.9 Å². The highest BCUT2D eigenvalue weighted by Gasteiger charge is 2.37. The molecule has 0 aliphatic carbocycles. The second-order valence-electron chi connectivity index (χ2n) is 6.46. The van der Waals surface area contributed by atoms with Gasteiger partial charge in [0.15, 0.2) is 0 Å². The molecule has 2 amide bonds. The molecule has 0 unspecified atom stereocenters. The maximum atomic E-state index is 13.1. The highest BCUT2D eigenvalue weighted by molar-refractivity contribution is 5.86. The lowest BCUT2D eigenvalue weighted by molar-refractivity contribution is -0.139. The standard InChI is InChI=1S/C18H23N5O2.ClH/c1-22-11-14(7-21-22)15-8-20-9-16(15)18(25)23(12-17(19)24)10-13-5-3-2-4-6-13;/h2-7,11,15-16,20H,8-10,12H2,1H3,(H2,19,24);1H/t15-,16+;/m1./s1. The van der Waals surface area contributed by atoms with E-state index >= 15 is 0 Å². The summed E-state index contributed by atoms with van der Waals surface area (Å²) in [6, 6.07) is 9.62. The number of hydrogen-bond donors (Lipinski definition) is 2. The fraction of sp³-hybridized carbons (Fsp3) is 0.389. The summed E-state index contributed by atoms with van der Waals surface area (Å²) >= 11 is 0. The molecule has 0 bridgehead atoms. The van der Waals surface area contributed by atoms with Crippen molar-refractivity contribution in [2.45, 2.75) is 12.5 Å². The Morgan fingerprint density at radius 3 is 2.65 bits per heavy atom. The van der Waals surface area contributed by atoms with Gasteiger partial charge in [0.25, 0.3) is 0 Å². The molecule has 1 aliphatic heterocycles. The van der Waals surface area contributed by atoms with Crippen LogP contribution in [0.1, 0.15) is 17.0 Å². The predicted molar refractivity (Wildman–Crippen MR) is 101 cm³/mol. The number of nitrogens with two attached hydrogens (primary N) is 1. The van der Waals surface area contributed by atoms with Gasteiger partial charge in [-0.15, -0.1) is 12.4 Å². The molecule has 1 aromatic heterocycles. The molecular formula is C18H24ClN5O2. The number of nitrogens with zero attached hydrogens (tertiary/aromatic N) is 3. The average Bonchev–Trinajstić information content (AvgIpc) is 3.22. The van der Waals surface area contributed by atoms with Crippen LogP contribution in [0.4, 0.5) is 0 Å². The van der Waals surface area contributed by atoms with Crippen molar-refractivity contribution in [2.75, 3.05) is 19.6 Å². The first-order valence-corrected chi connectivity index (χ1v) is 8.35. The van der Waals surface area contributed by atoms with Gasteiger partial charge in [0, 0.05) is 38.8 Å². The van der Waals surface area contributed by atoms with Crippen LogP contribution >= 0.6 is 12.4 Å². The number of carbonyl (C=O) groups is 2. The minimum Gasteiger partial charge on any atom is -0.368 e. The normalized spacial score (nSPS) is 19.0. The Labute approximate surface area is 159 Å². The van der Waals surface area contributed by atoms with Crippen LogP contribution in [0.25, 0.3) is 0 Å². The molecule has 3 N–H and O–H groups in total. The lowest BCUT2D eigenvalue weighted by atomic mass is 9.89. The Kier molecular flexibility index (Phi) is 6.76. The van der Waals surface area contributed by atoms with Crippen molar-refractivity contribution < 1.29 is 9.59 Å². The highest BCUT2D eigenvalue weighted by atomic mass is 35.5. The van der Waals surface area contributed by atoms with Gasteiger partial charge in [0.2, 0.25) is 11.8 Å². The topological polar surface area (TPSA) is 93.3 Å². The van der Waals surface area contributed by atoms with E-state index in [1.165, 1.54) is 0 Å². The number of aromatic nitrogens is 2. The number of aryl methyl sites for hydroxylation is 1. The van der Waals surface area contributed by atoms with E-state index in [4.69, 9.17) is 5.73 Å². The molecule has 26 heavy (non-hydrogen) atoms. The summed E-state index contributed by atoms with van der Waals surface area (Å²) in [5.41, 5.74) is 7.38. The van der Waals surface area contributed by atoms with Crippen LogP contribution in [0.5, 0.6) is 0 Å². The fourth-order valence-corrected chi connectivity index (χ4v) is 3.36. The third kappa shape index (κ3) is 4.62. The van der Waals surface area contributed by atoms with Gasteiger partial charge in [-0.1, -0.05) is 30.3 Å². The number of halogens is 1. The van der Waals surface area contributed by atoms with Crippen molar-refractivity contribution in [3.8, 4) is 0 Å². The zero-order valence-corrected chi connectivity index (χ0v) is 15.5. The molecular weight excluding hydrogens is 354 g/mol. The minimum absolute atomic E-state index is 0. The van der Waals surface area contributed by atoms with Gasteiger partial charge in [-0.05, 0) is 11.1 Å². The van der Waals surface area contributed by atoms with Crippen LogP contribution < -0.4 is 11.1 Å². The quantitative estimate of drug-likeness (QED) is 0.773. The largest absolute Gasteiger partial charge is 0.368 e. The molecule has 1 saturated heterocycles. The summed E-state index contributed by atoms with van der Waals surface area (Å²) in [4.78, 5) is 26.2. The van der Waals surface area contributed by atoms with Crippen molar-refractivity contribution in [1.29, 1.82) is 0 Å². The van der Waals surface area contributed by atoms with Crippen LogP contribution in [-0.2, 0) is 23.2 Å². The Balaban J connectivity index is 0.00000243. The minimum atomic E-state index is -0.506. The van der Waals surface area contributed by atoms with Crippen molar-refractivity contribution in [3.63, 3.8) is 0 Å². The average molecular weight is 378 g/mol. The molecule has 1 fully saturated rings. The number of benzene rings is 1. The smallest absolute Gasteiger partial charge is 0.237 e. The van der Waals surface area contributed by atoms with E-state index in [2.05, 4.69) is 10.4 Å². The van der Waals surface area contributed by atoms with Gasteiger partial charge in [0.1, 0.15) is 0 Å². The van der Waals surface area contributed by atoms with E-state index in [1.54, 1.807) is 15.8 Å². The lowest BCUT2D eigenvalue weighted by Gasteiger charge is -2.27. The van der Waals surface area contributed by atoms with Crippen LogP contribution in [-0.4, -0.2) is 46.1 Å². The van der Waals surface area contributed by atoms with Gasteiger partial charge in [0.05, 0.1) is 18.7 Å². The van der Waals surface area contributed by atoms with Crippen LogP contribution in [0, 0.1) is 5.92 Å². The molecule has 140 valence electrons. The molecule has 3 rings (SSSR count). The Morgan fingerprint density at radius 2 is 2.04 bits per heavy atom. The van der Waals surface area contributed by atoms with Gasteiger partial charge in [-0.3, -0.25) is 14.3 Å². The summed E-state index contributed by atoms with van der Waals surface area (Å²) in [6.07, 6.45) is 3.74. The SMILES string of the molecule is Cl.Cn1cc([C@H]2CNC[C@@H]2C(=O)N(CC(N)=O)Cc2ccccc2)cn1. The Hall–Kier alpha value is -2.38. The molecule has 1 aromatic carbocycles. The molecule has 7 nitrogen and oxygen atoms in total. The number of nitrogens with one attached hydrogen (secondary N) is 1. The highest BCUT2D eigenvalue weighted by Crippen LogP contribution is 2.29. The molecule has 2 aromatic rings. The van der Waals surface area contributed by atoms with Gasteiger partial charge in [-0.2, -0.15) is 5.10 Å². The van der Waals surface area contributed by atoms with E-state index in [1.807, 2.05) is 43.6 Å². The molecule has 2 atom stereocenters. The first-order valence-electron chi connectivity index (χ1n) is 8.35. The van der Waals surface area contributed by atoms with E-state index in [0.29, 0.717) is 13.1 Å². The van der Waals surface area contributed by atoms with Crippen LogP contribution in [0.2, 0.25) is 0 Å². The third-order valence-corrected chi connectivity index (χ3v) is 4.56. The number of amides is 2.